The molecule has 0 amide bonds. The van der Waals surface area contributed by atoms with Crippen LogP contribution in [0.4, 0.5) is 13.2 Å². The Morgan fingerprint density at radius 1 is 1.43 bits per heavy atom. The maximum atomic E-state index is 13.2. The lowest BCUT2D eigenvalue weighted by Crippen LogP contribution is -2.25. The average Bonchev–Trinajstić information content (AvgIpc) is 2.52. The van der Waals surface area contributed by atoms with Gasteiger partial charge in [0.15, 0.2) is 0 Å². The zero-order chi connectivity index (χ0) is 17.0. The number of rotatable bonds is 5. The van der Waals surface area contributed by atoms with Crippen molar-refractivity contribution < 1.29 is 27.8 Å². The van der Waals surface area contributed by atoms with Crippen molar-refractivity contribution in [3.05, 3.63) is 29.3 Å². The predicted octanol–water partition coefficient (Wildman–Crippen LogP) is 4.55. The lowest BCUT2D eigenvalue weighted by Gasteiger charge is -2.26. The number of hydrogen-bond acceptors (Lipinski definition) is 3. The summed E-state index contributed by atoms with van der Waals surface area (Å²) in [6.45, 7) is 0.580. The summed E-state index contributed by atoms with van der Waals surface area (Å²) in [7, 11) is 0. The highest BCUT2D eigenvalue weighted by Gasteiger charge is 2.35. The fraction of sp³-hybridized carbons (Fsp3) is 0.562. The van der Waals surface area contributed by atoms with Gasteiger partial charge in [0.1, 0.15) is 0 Å². The largest absolute Gasteiger partial charge is 0.481 e. The third-order valence-electron chi connectivity index (χ3n) is 4.00. The van der Waals surface area contributed by atoms with Gasteiger partial charge in [-0.05, 0) is 49.6 Å². The van der Waals surface area contributed by atoms with Gasteiger partial charge in [-0.3, -0.25) is 4.79 Å². The van der Waals surface area contributed by atoms with Gasteiger partial charge in [0.25, 0.3) is 0 Å². The van der Waals surface area contributed by atoms with E-state index in [2.05, 4.69) is 0 Å². The highest BCUT2D eigenvalue weighted by molar-refractivity contribution is 7.98. The van der Waals surface area contributed by atoms with Crippen LogP contribution in [0.2, 0.25) is 0 Å². The summed E-state index contributed by atoms with van der Waals surface area (Å²) in [6, 6.07) is 3.79. The molecule has 1 N–H and O–H groups in total. The van der Waals surface area contributed by atoms with E-state index >= 15 is 0 Å². The number of carboxylic acids is 1. The minimum Gasteiger partial charge on any atom is -0.481 e. The maximum absolute atomic E-state index is 13.2. The molecule has 128 valence electrons. The summed E-state index contributed by atoms with van der Waals surface area (Å²) < 4.78 is 45.0. The van der Waals surface area contributed by atoms with Crippen LogP contribution >= 0.6 is 11.8 Å². The van der Waals surface area contributed by atoms with E-state index in [0.29, 0.717) is 6.61 Å². The molecule has 0 aliphatic carbocycles. The van der Waals surface area contributed by atoms with Gasteiger partial charge in [0.2, 0.25) is 0 Å². The second kappa shape index (κ2) is 7.57. The lowest BCUT2D eigenvalue weighted by atomic mass is 9.90. The van der Waals surface area contributed by atoms with E-state index in [0.717, 1.165) is 37.1 Å². The van der Waals surface area contributed by atoms with Crippen molar-refractivity contribution in [3.8, 4) is 0 Å². The number of hydrogen-bond donors (Lipinski definition) is 1. The molecule has 1 aromatic carbocycles. The third-order valence-corrected chi connectivity index (χ3v) is 4.80. The first-order valence-corrected chi connectivity index (χ1v) is 8.65. The van der Waals surface area contributed by atoms with Crippen LogP contribution in [-0.4, -0.2) is 30.0 Å². The second-order valence-electron chi connectivity index (χ2n) is 5.57. The minimum absolute atomic E-state index is 0.0966. The fourth-order valence-corrected chi connectivity index (χ4v) is 3.40. The van der Waals surface area contributed by atoms with Crippen LogP contribution in [0.3, 0.4) is 0 Å². The SMILES string of the molecule is CSc1ccc(C(CC2CCCCO2)C(=O)O)cc1C(F)(F)F. The van der Waals surface area contributed by atoms with Crippen LogP contribution in [0.15, 0.2) is 23.1 Å². The molecule has 2 atom stereocenters. The molecule has 0 bridgehead atoms. The highest BCUT2D eigenvalue weighted by Crippen LogP contribution is 2.38. The van der Waals surface area contributed by atoms with Crippen LogP contribution in [-0.2, 0) is 15.7 Å². The summed E-state index contributed by atoms with van der Waals surface area (Å²) >= 11 is 0.995. The number of carboxylic acid groups (broad SMARTS) is 1. The second-order valence-corrected chi connectivity index (χ2v) is 6.42. The van der Waals surface area contributed by atoms with Crippen molar-refractivity contribution in [2.75, 3.05) is 12.9 Å². The highest BCUT2D eigenvalue weighted by atomic mass is 32.2. The molecule has 1 aliphatic heterocycles. The van der Waals surface area contributed by atoms with Crippen molar-refractivity contribution >= 4 is 17.7 Å². The Morgan fingerprint density at radius 3 is 2.70 bits per heavy atom. The number of alkyl halides is 3. The van der Waals surface area contributed by atoms with E-state index in [4.69, 9.17) is 4.74 Å². The van der Waals surface area contributed by atoms with Crippen molar-refractivity contribution in [2.24, 2.45) is 0 Å². The number of thioether (sulfide) groups is 1. The van der Waals surface area contributed by atoms with E-state index in [1.807, 2.05) is 0 Å². The minimum atomic E-state index is -4.50. The number of carbonyl (C=O) groups is 1. The normalized spacial score (nSPS) is 20.3. The van der Waals surface area contributed by atoms with Gasteiger partial charge >= 0.3 is 12.1 Å². The molecule has 23 heavy (non-hydrogen) atoms. The van der Waals surface area contributed by atoms with Crippen LogP contribution in [0.1, 0.15) is 42.7 Å². The molecule has 0 saturated carbocycles. The monoisotopic (exact) mass is 348 g/mol. The first kappa shape index (κ1) is 18.1. The smallest absolute Gasteiger partial charge is 0.417 e. The average molecular weight is 348 g/mol. The van der Waals surface area contributed by atoms with Gasteiger partial charge in [0.05, 0.1) is 17.6 Å². The van der Waals surface area contributed by atoms with Gasteiger partial charge in [-0.2, -0.15) is 13.2 Å². The van der Waals surface area contributed by atoms with Gasteiger partial charge in [0, 0.05) is 11.5 Å². The van der Waals surface area contributed by atoms with Gasteiger partial charge in [-0.15, -0.1) is 11.8 Å². The summed E-state index contributed by atoms with van der Waals surface area (Å²) in [6.07, 6.45) is -0.303. The molecule has 1 aromatic rings. The number of aliphatic carboxylic acids is 1. The molecular formula is C16H19F3O3S. The van der Waals surface area contributed by atoms with E-state index in [-0.39, 0.29) is 23.0 Å². The summed E-state index contributed by atoms with van der Waals surface area (Å²) in [5.41, 5.74) is -0.602. The third kappa shape index (κ3) is 4.64. The predicted molar refractivity (Wildman–Crippen MR) is 81.8 cm³/mol. The van der Waals surface area contributed by atoms with Gasteiger partial charge in [-0.25, -0.2) is 0 Å². The zero-order valence-electron chi connectivity index (χ0n) is 12.7. The summed E-state index contributed by atoms with van der Waals surface area (Å²) in [5, 5.41) is 9.44. The van der Waals surface area contributed by atoms with Crippen molar-refractivity contribution in [1.29, 1.82) is 0 Å². The first-order chi connectivity index (χ1) is 10.8. The molecule has 3 nitrogen and oxygen atoms in total. The van der Waals surface area contributed by atoms with Gasteiger partial charge in [-0.1, -0.05) is 6.07 Å². The molecule has 0 aromatic heterocycles. The van der Waals surface area contributed by atoms with Crippen LogP contribution in [0, 0.1) is 0 Å². The molecule has 2 rings (SSSR count). The molecule has 1 heterocycles. The van der Waals surface area contributed by atoms with E-state index in [1.165, 1.54) is 12.1 Å². The van der Waals surface area contributed by atoms with E-state index < -0.39 is 23.6 Å². The first-order valence-electron chi connectivity index (χ1n) is 7.42. The Morgan fingerprint density at radius 2 is 2.17 bits per heavy atom. The number of benzene rings is 1. The fourth-order valence-electron chi connectivity index (χ4n) is 2.80. The van der Waals surface area contributed by atoms with Crippen LogP contribution in [0.5, 0.6) is 0 Å². The van der Waals surface area contributed by atoms with E-state index in [1.54, 1.807) is 6.26 Å². The Kier molecular flexibility index (Phi) is 5.97. The topological polar surface area (TPSA) is 46.5 Å². The van der Waals surface area contributed by atoms with E-state index in [9.17, 15) is 23.1 Å². The molecule has 1 fully saturated rings. The van der Waals surface area contributed by atoms with Gasteiger partial charge < -0.3 is 9.84 Å². The zero-order valence-corrected chi connectivity index (χ0v) is 13.5. The molecule has 7 heteroatoms. The lowest BCUT2D eigenvalue weighted by molar-refractivity contribution is -0.142. The molecule has 0 spiro atoms. The van der Waals surface area contributed by atoms with Crippen molar-refractivity contribution in [2.45, 2.75) is 48.8 Å². The summed E-state index contributed by atoms with van der Waals surface area (Å²) in [5.74, 6) is -2.11. The van der Waals surface area contributed by atoms with Crippen LogP contribution < -0.4 is 0 Å². The molecule has 1 aliphatic rings. The quantitative estimate of drug-likeness (QED) is 0.793. The molecule has 1 saturated heterocycles. The maximum Gasteiger partial charge on any atom is 0.417 e. The number of halogens is 3. The number of ether oxygens (including phenoxy) is 1. The Hall–Kier alpha value is -1.21. The Balaban J connectivity index is 2.30. The molecular weight excluding hydrogens is 329 g/mol. The van der Waals surface area contributed by atoms with Crippen molar-refractivity contribution in [1.82, 2.24) is 0 Å². The van der Waals surface area contributed by atoms with Crippen molar-refractivity contribution in [3.63, 3.8) is 0 Å². The Bertz CT molecular complexity index is 554. The standard InChI is InChI=1S/C16H19F3O3S/c1-23-14-6-5-10(8-13(14)16(17,18)19)12(15(20)21)9-11-4-2-3-7-22-11/h5-6,8,11-12H,2-4,7,9H2,1H3,(H,20,21). The Labute approximate surface area is 137 Å². The summed E-state index contributed by atoms with van der Waals surface area (Å²) in [4.78, 5) is 11.6. The molecule has 2 unspecified atom stereocenters. The molecule has 0 radical (unpaired) electrons. The van der Waals surface area contributed by atoms with Crippen LogP contribution in [0.25, 0.3) is 0 Å².